The van der Waals surface area contributed by atoms with Crippen LogP contribution in [0.5, 0.6) is 5.75 Å². The first-order valence-corrected chi connectivity index (χ1v) is 10.9. The topological polar surface area (TPSA) is 100.0 Å². The van der Waals surface area contributed by atoms with Crippen LogP contribution in [0, 0.1) is 0 Å². The Hall–Kier alpha value is -2.84. The third kappa shape index (κ3) is 4.81. The summed E-state index contributed by atoms with van der Waals surface area (Å²) < 4.78 is 0. The predicted octanol–water partition coefficient (Wildman–Crippen LogP) is 4.10. The van der Waals surface area contributed by atoms with Crippen LogP contribution < -0.4 is 10.2 Å². The van der Waals surface area contributed by atoms with Crippen LogP contribution in [0.1, 0.15) is 40.5 Å². The van der Waals surface area contributed by atoms with Gasteiger partial charge in [0.1, 0.15) is 17.9 Å². The molecule has 0 radical (unpaired) electrons. The maximum Gasteiger partial charge on any atom is 0.225 e. The third-order valence-corrected chi connectivity index (χ3v) is 5.97. The summed E-state index contributed by atoms with van der Waals surface area (Å²) in [7, 11) is 2.07. The Morgan fingerprint density at radius 1 is 1.03 bits per heavy atom. The molecule has 0 saturated carbocycles. The first kappa shape index (κ1) is 22.4. The molecular weight excluding hydrogens is 426 g/mol. The van der Waals surface area contributed by atoms with Crippen molar-refractivity contribution >= 4 is 17.4 Å². The second-order valence-corrected chi connectivity index (χ2v) is 9.97. The summed E-state index contributed by atoms with van der Waals surface area (Å²) >= 11 is 5.84. The highest BCUT2D eigenvalue weighted by Gasteiger charge is 2.39. The number of aromatic hydroxyl groups is 1. The van der Waals surface area contributed by atoms with Crippen LogP contribution in [0.4, 0.5) is 5.82 Å². The zero-order valence-corrected chi connectivity index (χ0v) is 19.7. The molecule has 1 aliphatic heterocycles. The molecular formula is C23H28ClN7O. The Balaban J connectivity index is 1.55. The van der Waals surface area contributed by atoms with Crippen LogP contribution in [0.2, 0.25) is 5.28 Å². The highest BCUT2D eigenvalue weighted by atomic mass is 35.5. The number of nitrogens with zero attached hydrogens (tertiary/aromatic N) is 6. The smallest absolute Gasteiger partial charge is 0.225 e. The number of benzene rings is 1. The minimum Gasteiger partial charge on any atom is -0.507 e. The van der Waals surface area contributed by atoms with Crippen LogP contribution >= 0.6 is 11.6 Å². The van der Waals surface area contributed by atoms with Gasteiger partial charge in [0.15, 0.2) is 5.82 Å². The van der Waals surface area contributed by atoms with E-state index in [0.29, 0.717) is 28.7 Å². The van der Waals surface area contributed by atoms with Crippen molar-refractivity contribution in [2.75, 3.05) is 11.9 Å². The predicted molar refractivity (Wildman–Crippen MR) is 126 cm³/mol. The van der Waals surface area contributed by atoms with Gasteiger partial charge in [0.05, 0.1) is 18.1 Å². The molecule has 0 atom stereocenters. The maximum atomic E-state index is 10.6. The van der Waals surface area contributed by atoms with Crippen LogP contribution in [0.25, 0.3) is 22.6 Å². The third-order valence-electron chi connectivity index (χ3n) is 5.79. The number of anilines is 1. The van der Waals surface area contributed by atoms with Crippen molar-refractivity contribution in [1.29, 1.82) is 0 Å². The van der Waals surface area contributed by atoms with E-state index in [0.717, 1.165) is 18.7 Å². The Kier molecular flexibility index (Phi) is 5.77. The molecule has 0 unspecified atom stereocenters. The van der Waals surface area contributed by atoms with Crippen LogP contribution in [0.15, 0.2) is 36.9 Å². The number of aromatic nitrogens is 5. The SMILES string of the molecule is CN(c1cnc(-c2ccc(-c3ncnc(Cl)n3)cc2O)cn1)C1CC(C)(C)NC(C)(C)C1. The second-order valence-electron chi connectivity index (χ2n) is 9.64. The van der Waals surface area contributed by atoms with Gasteiger partial charge in [-0.2, -0.15) is 4.98 Å². The Labute approximate surface area is 193 Å². The number of rotatable bonds is 4. The lowest BCUT2D eigenvalue weighted by atomic mass is 9.79. The van der Waals surface area contributed by atoms with Gasteiger partial charge in [0.25, 0.3) is 0 Å². The number of phenols is 1. The van der Waals surface area contributed by atoms with E-state index in [9.17, 15) is 5.11 Å². The molecule has 9 heteroatoms. The van der Waals surface area contributed by atoms with Gasteiger partial charge in [-0.25, -0.2) is 15.0 Å². The fourth-order valence-corrected chi connectivity index (χ4v) is 4.80. The number of piperidine rings is 1. The standard InChI is InChI=1S/C23H28ClN7O/c1-22(2)9-15(10-23(3,4)30-22)31(5)19-12-25-17(11-26-19)16-7-6-14(8-18(16)32)20-27-13-28-21(24)29-20/h6-8,11-13,15,30,32H,9-10H2,1-5H3. The zero-order valence-electron chi connectivity index (χ0n) is 19.0. The molecule has 1 aromatic carbocycles. The van der Waals surface area contributed by atoms with Crippen LogP contribution in [0.3, 0.4) is 0 Å². The molecule has 1 aliphatic rings. The molecule has 0 aliphatic carbocycles. The minimum absolute atomic E-state index is 0.0460. The van der Waals surface area contributed by atoms with E-state index in [1.54, 1.807) is 24.5 Å². The van der Waals surface area contributed by atoms with Gasteiger partial charge in [0, 0.05) is 35.3 Å². The van der Waals surface area contributed by atoms with Crippen molar-refractivity contribution in [1.82, 2.24) is 30.2 Å². The zero-order chi connectivity index (χ0) is 23.1. The summed E-state index contributed by atoms with van der Waals surface area (Å²) in [5.41, 5.74) is 1.90. The van der Waals surface area contributed by atoms with Crippen molar-refractivity contribution in [3.05, 3.63) is 42.2 Å². The highest BCUT2D eigenvalue weighted by molar-refractivity contribution is 6.28. The van der Waals surface area contributed by atoms with Gasteiger partial charge < -0.3 is 15.3 Å². The summed E-state index contributed by atoms with van der Waals surface area (Å²) in [5, 5.41) is 14.4. The Bertz CT molecular complexity index is 1100. The summed E-state index contributed by atoms with van der Waals surface area (Å²) in [6.07, 6.45) is 6.81. The molecule has 3 heterocycles. The van der Waals surface area contributed by atoms with Gasteiger partial charge in [-0.15, -0.1) is 0 Å². The Morgan fingerprint density at radius 3 is 2.34 bits per heavy atom. The van der Waals surface area contributed by atoms with Gasteiger partial charge in [-0.05, 0) is 64.3 Å². The van der Waals surface area contributed by atoms with E-state index in [1.165, 1.54) is 6.33 Å². The maximum absolute atomic E-state index is 10.6. The van der Waals surface area contributed by atoms with Crippen molar-refractivity contribution in [3.63, 3.8) is 0 Å². The molecule has 1 fully saturated rings. The molecule has 8 nitrogen and oxygen atoms in total. The first-order chi connectivity index (χ1) is 15.0. The van der Waals surface area contributed by atoms with E-state index >= 15 is 0 Å². The van der Waals surface area contributed by atoms with Gasteiger partial charge >= 0.3 is 0 Å². The average Bonchev–Trinajstić information content (AvgIpc) is 2.71. The molecule has 0 spiro atoms. The number of phenolic OH excluding ortho intramolecular Hbond substituents is 1. The van der Waals surface area contributed by atoms with Crippen molar-refractivity contribution in [3.8, 4) is 28.4 Å². The summed E-state index contributed by atoms with van der Waals surface area (Å²) in [6, 6.07) is 5.51. The first-order valence-electron chi connectivity index (χ1n) is 10.6. The number of halogens is 1. The molecule has 32 heavy (non-hydrogen) atoms. The van der Waals surface area contributed by atoms with Gasteiger partial charge in [-0.3, -0.25) is 4.98 Å². The molecule has 0 bridgehead atoms. The lowest BCUT2D eigenvalue weighted by molar-refractivity contribution is 0.160. The van der Waals surface area contributed by atoms with Gasteiger partial charge in [0.2, 0.25) is 5.28 Å². The monoisotopic (exact) mass is 453 g/mol. The lowest BCUT2D eigenvalue weighted by Gasteiger charge is -2.49. The number of nitrogens with one attached hydrogen (secondary N) is 1. The quantitative estimate of drug-likeness (QED) is 0.609. The lowest BCUT2D eigenvalue weighted by Crippen LogP contribution is -2.62. The number of hydrogen-bond donors (Lipinski definition) is 2. The average molecular weight is 454 g/mol. The summed E-state index contributed by atoms with van der Waals surface area (Å²) in [6.45, 7) is 8.95. The molecule has 2 N–H and O–H groups in total. The van der Waals surface area contributed by atoms with Crippen LogP contribution in [-0.4, -0.2) is 54.2 Å². The van der Waals surface area contributed by atoms with Crippen molar-refractivity contribution in [2.24, 2.45) is 0 Å². The molecule has 4 rings (SSSR count). The van der Waals surface area contributed by atoms with E-state index < -0.39 is 0 Å². The second kappa shape index (κ2) is 8.26. The van der Waals surface area contributed by atoms with Gasteiger partial charge in [-0.1, -0.05) is 6.07 Å². The normalized spacial score (nSPS) is 17.8. The van der Waals surface area contributed by atoms with E-state index in [2.05, 4.69) is 69.9 Å². The molecule has 0 amide bonds. The molecule has 2 aromatic heterocycles. The van der Waals surface area contributed by atoms with Crippen molar-refractivity contribution < 1.29 is 5.11 Å². The van der Waals surface area contributed by atoms with E-state index in [-0.39, 0.29) is 22.1 Å². The molecule has 168 valence electrons. The van der Waals surface area contributed by atoms with E-state index in [1.807, 2.05) is 6.07 Å². The summed E-state index contributed by atoms with van der Waals surface area (Å²) in [5.74, 6) is 1.27. The molecule has 3 aromatic rings. The fourth-order valence-electron chi connectivity index (χ4n) is 4.67. The van der Waals surface area contributed by atoms with Crippen LogP contribution in [-0.2, 0) is 0 Å². The largest absolute Gasteiger partial charge is 0.507 e. The highest BCUT2D eigenvalue weighted by Crippen LogP contribution is 2.34. The fraction of sp³-hybridized carbons (Fsp3) is 0.435. The summed E-state index contributed by atoms with van der Waals surface area (Å²) in [4.78, 5) is 23.4. The molecule has 1 saturated heterocycles. The Morgan fingerprint density at radius 2 is 1.75 bits per heavy atom. The van der Waals surface area contributed by atoms with E-state index in [4.69, 9.17) is 11.6 Å². The minimum atomic E-state index is 0.0460. The van der Waals surface area contributed by atoms with Crippen molar-refractivity contribution in [2.45, 2.75) is 57.7 Å². The number of hydrogen-bond acceptors (Lipinski definition) is 8.